The van der Waals surface area contributed by atoms with Gasteiger partial charge in [-0.25, -0.2) is 29.5 Å². The zero-order valence-corrected chi connectivity index (χ0v) is 36.5. The van der Waals surface area contributed by atoms with Crippen molar-refractivity contribution in [3.63, 3.8) is 0 Å². The van der Waals surface area contributed by atoms with Crippen LogP contribution in [0.3, 0.4) is 0 Å². The van der Waals surface area contributed by atoms with Crippen LogP contribution in [0.25, 0.3) is 22.1 Å². The van der Waals surface area contributed by atoms with Gasteiger partial charge in [0.15, 0.2) is 0 Å². The minimum absolute atomic E-state index is 0.0292. The molecule has 0 unspecified atom stereocenters. The number of fused-ring (bicyclic) bond motifs is 2. The second-order valence-electron chi connectivity index (χ2n) is 15.4. The second kappa shape index (κ2) is 20.7. The molecule has 69 heavy (non-hydrogen) atoms. The Morgan fingerprint density at radius 2 is 1.06 bits per heavy atom. The number of rotatable bonds is 11. The van der Waals surface area contributed by atoms with Crippen molar-refractivity contribution in [1.29, 1.82) is 0 Å². The van der Waals surface area contributed by atoms with Gasteiger partial charge in [-0.05, 0) is 103 Å². The number of carbonyl (C=O) groups is 2. The van der Waals surface area contributed by atoms with Gasteiger partial charge in [0.05, 0.1) is 21.9 Å². The number of nitrogens with one attached hydrogen (secondary N) is 6. The van der Waals surface area contributed by atoms with Crippen LogP contribution in [0.15, 0.2) is 128 Å². The summed E-state index contributed by atoms with van der Waals surface area (Å²) in [6.07, 6.45) is -2.80. The number of anilines is 4. The number of ether oxygens (including phenoxy) is 2. The number of urea groups is 2. The highest BCUT2D eigenvalue weighted by molar-refractivity contribution is 6.00. The summed E-state index contributed by atoms with van der Waals surface area (Å²) < 4.78 is 91.5. The fourth-order valence-electron chi connectivity index (χ4n) is 7.22. The van der Waals surface area contributed by atoms with Crippen molar-refractivity contribution in [2.45, 2.75) is 25.8 Å². The third-order valence-corrected chi connectivity index (χ3v) is 10.7. The zero-order valence-electron chi connectivity index (χ0n) is 36.5. The number of halogens is 6. The lowest BCUT2D eigenvalue weighted by atomic mass is 10.0. The summed E-state index contributed by atoms with van der Waals surface area (Å²) in [6.45, 7) is 6.32. The summed E-state index contributed by atoms with van der Waals surface area (Å²) in [5.41, 5.74) is 0.837. The highest BCUT2D eigenvalue weighted by Gasteiger charge is 2.34. The molecule has 0 spiro atoms. The molecule has 0 bridgehead atoms. The number of hydrogen-bond acceptors (Lipinski definition) is 10. The number of likely N-dealkylation sites (N-methyl/N-ethyl adjacent to an activating group) is 1. The molecule has 22 heteroatoms. The lowest BCUT2D eigenvalue weighted by Crippen LogP contribution is -2.45. The molecule has 16 nitrogen and oxygen atoms in total. The van der Waals surface area contributed by atoms with Gasteiger partial charge in [0, 0.05) is 67.9 Å². The maximum absolute atomic E-state index is 13.9. The van der Waals surface area contributed by atoms with E-state index in [0.29, 0.717) is 59.0 Å². The van der Waals surface area contributed by atoms with E-state index < -0.39 is 35.5 Å². The number of hydrogen-bond donors (Lipinski definition) is 6. The number of piperazine rings is 1. The Kier molecular flexibility index (Phi) is 14.2. The van der Waals surface area contributed by atoms with Gasteiger partial charge in [0.2, 0.25) is 11.8 Å². The van der Waals surface area contributed by atoms with E-state index in [9.17, 15) is 35.9 Å². The molecule has 1 fully saturated rings. The van der Waals surface area contributed by atoms with Gasteiger partial charge in [-0.2, -0.15) is 26.3 Å². The molecule has 0 saturated carbocycles. The van der Waals surface area contributed by atoms with Crippen LogP contribution >= 0.6 is 0 Å². The van der Waals surface area contributed by atoms with Gasteiger partial charge >= 0.3 is 24.4 Å². The quantitative estimate of drug-likeness (QED) is 0.0680. The van der Waals surface area contributed by atoms with Crippen LogP contribution in [0.2, 0.25) is 0 Å². The Balaban J connectivity index is 0.000000192. The summed E-state index contributed by atoms with van der Waals surface area (Å²) >= 11 is 0. The van der Waals surface area contributed by atoms with Crippen molar-refractivity contribution < 1.29 is 45.4 Å². The van der Waals surface area contributed by atoms with Gasteiger partial charge in [-0.1, -0.05) is 19.1 Å². The van der Waals surface area contributed by atoms with Crippen LogP contribution in [0.4, 0.5) is 58.7 Å². The average molecular weight is 953 g/mol. The Morgan fingerprint density at radius 3 is 1.55 bits per heavy atom. The first-order chi connectivity index (χ1) is 33.2. The molecule has 4 aromatic carbocycles. The highest BCUT2D eigenvalue weighted by Crippen LogP contribution is 2.35. The third-order valence-electron chi connectivity index (χ3n) is 10.7. The van der Waals surface area contributed by atoms with E-state index in [1.807, 2.05) is 4.90 Å². The number of H-pyrrole nitrogens is 2. The topological polar surface area (TPSA) is 190 Å². The van der Waals surface area contributed by atoms with E-state index in [1.54, 1.807) is 73.1 Å². The lowest BCUT2D eigenvalue weighted by Gasteiger charge is -2.34. The van der Waals surface area contributed by atoms with Gasteiger partial charge in [0.25, 0.3) is 0 Å². The van der Waals surface area contributed by atoms with E-state index in [4.69, 9.17) is 9.47 Å². The number of alkyl halides is 6. The second-order valence-corrected chi connectivity index (χ2v) is 15.4. The van der Waals surface area contributed by atoms with Crippen molar-refractivity contribution in [2.24, 2.45) is 0 Å². The van der Waals surface area contributed by atoms with E-state index >= 15 is 0 Å². The molecule has 1 aliphatic heterocycles. The molecule has 0 aliphatic carbocycles. The van der Waals surface area contributed by atoms with Gasteiger partial charge in [-0.15, -0.1) is 0 Å². The smallest absolute Gasteiger partial charge is 0.416 e. The molecule has 356 valence electrons. The molecule has 9 rings (SSSR count). The first-order valence-corrected chi connectivity index (χ1v) is 21.3. The number of aromatic amines is 2. The summed E-state index contributed by atoms with van der Waals surface area (Å²) in [5.74, 6) is 1.74. The number of benzene rings is 4. The van der Waals surface area contributed by atoms with Crippen LogP contribution in [0.5, 0.6) is 23.3 Å². The molecule has 8 aromatic rings. The van der Waals surface area contributed by atoms with E-state index in [1.165, 1.54) is 36.9 Å². The van der Waals surface area contributed by atoms with Crippen molar-refractivity contribution in [1.82, 2.24) is 39.7 Å². The first-order valence-electron chi connectivity index (χ1n) is 21.3. The Bertz CT molecular complexity index is 3030. The minimum Gasteiger partial charge on any atom is -0.438 e. The van der Waals surface area contributed by atoms with Crippen LogP contribution in [0.1, 0.15) is 23.6 Å². The third kappa shape index (κ3) is 12.4. The molecule has 0 radical (unpaired) electrons. The normalized spacial score (nSPS) is 13.3. The summed E-state index contributed by atoms with van der Waals surface area (Å²) in [4.78, 5) is 51.3. The maximum Gasteiger partial charge on any atom is 0.416 e. The Morgan fingerprint density at radius 1 is 0.580 bits per heavy atom. The fraction of sp³-hybridized carbons (Fsp3) is 0.191. The molecular formula is C47H42F6N12O4. The van der Waals surface area contributed by atoms with Crippen LogP contribution in [-0.2, 0) is 18.9 Å². The molecule has 1 aliphatic rings. The van der Waals surface area contributed by atoms with Crippen LogP contribution < -0.4 is 30.7 Å². The standard InChI is InChI=1S/C27H28F3N7O2.C20H14F3N5O2/c1-2-36-11-13-37(14-12-36)16-18-3-4-20(15-23(18)27(28,29)30)35-26(38)34-19-5-7-21(8-6-19)39-25-22-9-10-31-24(22)32-17-33-25;21-20(22,23)12-2-1-3-14(10-12)28-19(29)27-13-4-6-15(7-5-13)30-18-16-8-9-24-17(16)25-11-26-18/h3-10,15,17H,2,11-14,16H2,1H3,(H,31,32,33)(H2,34,35,38);1-11H,(H,24,25,26)(H2,27,28,29). The molecule has 4 aromatic heterocycles. The maximum atomic E-state index is 13.9. The van der Waals surface area contributed by atoms with E-state index in [2.05, 4.69) is 63.0 Å². The van der Waals surface area contributed by atoms with E-state index in [0.717, 1.165) is 48.6 Å². The minimum atomic E-state index is -4.54. The number of amides is 4. The number of aromatic nitrogens is 6. The van der Waals surface area contributed by atoms with Gasteiger partial charge in [-0.3, -0.25) is 4.90 Å². The molecule has 6 N–H and O–H groups in total. The lowest BCUT2D eigenvalue weighted by molar-refractivity contribution is -0.139. The summed E-state index contributed by atoms with van der Waals surface area (Å²) in [7, 11) is 0. The SMILES string of the molecule is CCN1CCN(Cc2ccc(NC(=O)Nc3ccc(Oc4ncnc5[nH]ccc45)cc3)cc2C(F)(F)F)CC1.O=C(Nc1ccc(Oc2ncnc3[nH]ccc23)cc1)Nc1cccc(C(F)(F)F)c1. The van der Waals surface area contributed by atoms with Crippen LogP contribution in [-0.4, -0.2) is 84.5 Å². The van der Waals surface area contributed by atoms with Crippen molar-refractivity contribution in [3.05, 3.63) is 145 Å². The number of carbonyl (C=O) groups excluding carboxylic acids is 2. The van der Waals surface area contributed by atoms with Crippen molar-refractivity contribution in [2.75, 3.05) is 54.0 Å². The zero-order chi connectivity index (χ0) is 48.5. The van der Waals surface area contributed by atoms with Crippen LogP contribution in [0, 0.1) is 0 Å². The summed E-state index contributed by atoms with van der Waals surface area (Å²) in [6, 6.07) is 23.5. The average Bonchev–Trinajstić information content (AvgIpc) is 4.03. The highest BCUT2D eigenvalue weighted by atomic mass is 19.4. The largest absolute Gasteiger partial charge is 0.438 e. The van der Waals surface area contributed by atoms with Crippen molar-refractivity contribution >= 4 is 56.9 Å². The van der Waals surface area contributed by atoms with Gasteiger partial charge < -0.3 is 45.6 Å². The first kappa shape index (κ1) is 47.3. The predicted molar refractivity (Wildman–Crippen MR) is 246 cm³/mol. The Labute approximate surface area is 389 Å². The van der Waals surface area contributed by atoms with Gasteiger partial charge in [0.1, 0.15) is 35.4 Å². The van der Waals surface area contributed by atoms with E-state index in [-0.39, 0.29) is 23.5 Å². The summed E-state index contributed by atoms with van der Waals surface area (Å²) in [5, 5.41) is 11.5. The molecule has 5 heterocycles. The number of nitrogens with zero attached hydrogens (tertiary/aromatic N) is 6. The Hall–Kier alpha value is -8.24. The molecule has 4 amide bonds. The van der Waals surface area contributed by atoms with Crippen molar-refractivity contribution in [3.8, 4) is 23.3 Å². The fourth-order valence-corrected chi connectivity index (χ4v) is 7.22. The monoisotopic (exact) mass is 952 g/mol. The predicted octanol–water partition coefficient (Wildman–Crippen LogP) is 11.0. The molecule has 0 atom stereocenters. The molecular weight excluding hydrogens is 911 g/mol. The molecule has 1 saturated heterocycles.